The molecule has 0 radical (unpaired) electrons. The lowest BCUT2D eigenvalue weighted by molar-refractivity contribution is 0.0595. The van der Waals surface area contributed by atoms with Gasteiger partial charge in [-0.15, -0.1) is 5.10 Å². The molecule has 1 aromatic carbocycles. The zero-order valence-electron chi connectivity index (χ0n) is 11.5. The van der Waals surface area contributed by atoms with Crippen LogP contribution in [-0.4, -0.2) is 28.1 Å². The minimum Gasteiger partial charge on any atom is -0.464 e. The van der Waals surface area contributed by atoms with Crippen molar-refractivity contribution in [1.82, 2.24) is 15.0 Å². The molecule has 0 amide bonds. The Hall–Kier alpha value is -1.88. The number of ether oxygens (including phenoxy) is 1. The summed E-state index contributed by atoms with van der Waals surface area (Å²) >= 11 is 5.90. The van der Waals surface area contributed by atoms with Crippen molar-refractivity contribution in [3.8, 4) is 11.3 Å². The highest BCUT2D eigenvalue weighted by molar-refractivity contribution is 6.30. The Labute approximate surface area is 122 Å². The maximum Gasteiger partial charge on any atom is 0.360 e. The molecule has 0 atom stereocenters. The second-order valence-corrected chi connectivity index (χ2v) is 4.80. The van der Waals surface area contributed by atoms with E-state index in [1.807, 2.05) is 12.1 Å². The summed E-state index contributed by atoms with van der Waals surface area (Å²) in [7, 11) is 1.33. The summed E-state index contributed by atoms with van der Waals surface area (Å²) in [5.41, 5.74) is 1.74. The van der Waals surface area contributed by atoms with Gasteiger partial charge in [0.15, 0.2) is 5.69 Å². The molecule has 5 nitrogen and oxygen atoms in total. The SMILES string of the molecule is CCCCn1nnc(C(=O)OC)c1-c1ccc(Cl)cc1. The molecule has 0 fully saturated rings. The van der Waals surface area contributed by atoms with Crippen LogP contribution in [0.5, 0.6) is 0 Å². The average Bonchev–Trinajstić information content (AvgIpc) is 2.89. The summed E-state index contributed by atoms with van der Waals surface area (Å²) in [6.07, 6.45) is 2.00. The van der Waals surface area contributed by atoms with Crippen molar-refractivity contribution in [3.63, 3.8) is 0 Å². The number of carbonyl (C=O) groups excluding carboxylic acids is 1. The monoisotopic (exact) mass is 293 g/mol. The van der Waals surface area contributed by atoms with Crippen LogP contribution in [0.2, 0.25) is 5.02 Å². The van der Waals surface area contributed by atoms with Crippen LogP contribution in [0, 0.1) is 0 Å². The molecule has 0 aliphatic rings. The lowest BCUT2D eigenvalue weighted by atomic mass is 10.1. The Bertz CT molecular complexity index is 593. The normalized spacial score (nSPS) is 10.6. The maximum atomic E-state index is 11.8. The molecule has 1 aromatic heterocycles. The van der Waals surface area contributed by atoms with Crippen molar-refractivity contribution < 1.29 is 9.53 Å². The van der Waals surface area contributed by atoms with E-state index in [1.165, 1.54) is 7.11 Å². The van der Waals surface area contributed by atoms with E-state index >= 15 is 0 Å². The molecule has 106 valence electrons. The number of benzene rings is 1. The molecule has 0 saturated carbocycles. The molecular weight excluding hydrogens is 278 g/mol. The number of hydrogen-bond acceptors (Lipinski definition) is 4. The molecule has 0 N–H and O–H groups in total. The molecule has 0 bridgehead atoms. The van der Waals surface area contributed by atoms with Gasteiger partial charge >= 0.3 is 5.97 Å². The summed E-state index contributed by atoms with van der Waals surface area (Å²) in [6, 6.07) is 7.23. The fraction of sp³-hybridized carbons (Fsp3) is 0.357. The van der Waals surface area contributed by atoms with Gasteiger partial charge in [0.25, 0.3) is 0 Å². The quantitative estimate of drug-likeness (QED) is 0.795. The molecule has 0 aliphatic heterocycles. The summed E-state index contributed by atoms with van der Waals surface area (Å²) < 4.78 is 6.49. The van der Waals surface area contributed by atoms with Crippen LogP contribution in [0.1, 0.15) is 30.3 Å². The van der Waals surface area contributed by atoms with Crippen molar-refractivity contribution in [2.45, 2.75) is 26.3 Å². The molecule has 0 unspecified atom stereocenters. The highest BCUT2D eigenvalue weighted by atomic mass is 35.5. The zero-order valence-corrected chi connectivity index (χ0v) is 12.2. The number of rotatable bonds is 5. The van der Waals surface area contributed by atoms with E-state index in [0.29, 0.717) is 17.3 Å². The number of unbranched alkanes of at least 4 members (excludes halogenated alkanes) is 1. The third kappa shape index (κ3) is 2.99. The average molecular weight is 294 g/mol. The van der Waals surface area contributed by atoms with Gasteiger partial charge in [0.1, 0.15) is 5.69 Å². The van der Waals surface area contributed by atoms with Crippen LogP contribution in [0.15, 0.2) is 24.3 Å². The Kier molecular flexibility index (Phi) is 4.74. The molecule has 6 heteroatoms. The fourth-order valence-corrected chi connectivity index (χ4v) is 2.03. The predicted octanol–water partition coefficient (Wildman–Crippen LogP) is 3.19. The Balaban J connectivity index is 2.48. The molecule has 0 spiro atoms. The Morgan fingerprint density at radius 3 is 2.65 bits per heavy atom. The molecular formula is C14H16ClN3O2. The van der Waals surface area contributed by atoms with Crippen molar-refractivity contribution in [2.24, 2.45) is 0 Å². The Morgan fingerprint density at radius 1 is 1.35 bits per heavy atom. The predicted molar refractivity (Wildman–Crippen MR) is 76.7 cm³/mol. The van der Waals surface area contributed by atoms with Crippen molar-refractivity contribution in [3.05, 3.63) is 35.0 Å². The van der Waals surface area contributed by atoms with Crippen LogP contribution >= 0.6 is 11.6 Å². The first kappa shape index (κ1) is 14.5. The van der Waals surface area contributed by atoms with Gasteiger partial charge in [-0.05, 0) is 18.6 Å². The minimum absolute atomic E-state index is 0.228. The molecule has 2 aromatic rings. The largest absolute Gasteiger partial charge is 0.464 e. The van der Waals surface area contributed by atoms with Crippen LogP contribution in [-0.2, 0) is 11.3 Å². The van der Waals surface area contributed by atoms with E-state index in [9.17, 15) is 4.79 Å². The molecule has 1 heterocycles. The summed E-state index contributed by atoms with van der Waals surface area (Å²) in [5, 5.41) is 8.64. The van der Waals surface area contributed by atoms with Crippen LogP contribution in [0.4, 0.5) is 0 Å². The van der Waals surface area contributed by atoms with Crippen LogP contribution in [0.25, 0.3) is 11.3 Å². The van der Waals surface area contributed by atoms with Crippen LogP contribution < -0.4 is 0 Å². The van der Waals surface area contributed by atoms with Gasteiger partial charge in [-0.1, -0.05) is 42.3 Å². The number of esters is 1. The molecule has 2 rings (SSSR count). The highest BCUT2D eigenvalue weighted by Crippen LogP contribution is 2.25. The molecule has 0 aliphatic carbocycles. The smallest absolute Gasteiger partial charge is 0.360 e. The van der Waals surface area contributed by atoms with Crippen molar-refractivity contribution in [2.75, 3.05) is 7.11 Å². The highest BCUT2D eigenvalue weighted by Gasteiger charge is 2.21. The number of hydrogen-bond donors (Lipinski definition) is 0. The summed E-state index contributed by atoms with van der Waals surface area (Å²) in [6.45, 7) is 2.80. The van der Waals surface area contributed by atoms with Crippen molar-refractivity contribution >= 4 is 17.6 Å². The van der Waals surface area contributed by atoms with E-state index in [0.717, 1.165) is 18.4 Å². The first-order valence-electron chi connectivity index (χ1n) is 6.45. The fourth-order valence-electron chi connectivity index (χ4n) is 1.91. The topological polar surface area (TPSA) is 57.0 Å². The van der Waals surface area contributed by atoms with Gasteiger partial charge in [0.05, 0.1) is 7.11 Å². The van der Waals surface area contributed by atoms with Gasteiger partial charge < -0.3 is 4.74 Å². The summed E-state index contributed by atoms with van der Waals surface area (Å²) in [4.78, 5) is 11.8. The number of aryl methyl sites for hydroxylation is 1. The first-order valence-corrected chi connectivity index (χ1v) is 6.83. The van der Waals surface area contributed by atoms with Crippen LogP contribution in [0.3, 0.4) is 0 Å². The van der Waals surface area contributed by atoms with Crippen molar-refractivity contribution in [1.29, 1.82) is 0 Å². The van der Waals surface area contributed by atoms with Gasteiger partial charge in [-0.3, -0.25) is 0 Å². The maximum absolute atomic E-state index is 11.8. The van der Waals surface area contributed by atoms with E-state index in [4.69, 9.17) is 16.3 Å². The van der Waals surface area contributed by atoms with Gasteiger partial charge in [0, 0.05) is 17.1 Å². The second-order valence-electron chi connectivity index (χ2n) is 4.36. The lowest BCUT2D eigenvalue weighted by Gasteiger charge is -2.07. The van der Waals surface area contributed by atoms with Gasteiger partial charge in [-0.2, -0.15) is 0 Å². The van der Waals surface area contributed by atoms with Gasteiger partial charge in [-0.25, -0.2) is 9.48 Å². The third-order valence-electron chi connectivity index (χ3n) is 2.95. The first-order chi connectivity index (χ1) is 9.67. The lowest BCUT2D eigenvalue weighted by Crippen LogP contribution is -2.06. The number of carbonyl (C=O) groups is 1. The minimum atomic E-state index is -0.488. The number of nitrogens with zero attached hydrogens (tertiary/aromatic N) is 3. The number of halogens is 1. The molecule has 20 heavy (non-hydrogen) atoms. The number of aromatic nitrogens is 3. The van der Waals surface area contributed by atoms with E-state index in [-0.39, 0.29) is 5.69 Å². The van der Waals surface area contributed by atoms with E-state index in [1.54, 1.807) is 16.8 Å². The number of methoxy groups -OCH3 is 1. The standard InChI is InChI=1S/C14H16ClN3O2/c1-3-4-9-18-13(10-5-7-11(15)8-6-10)12(16-17-18)14(19)20-2/h5-8H,3-4,9H2,1-2H3. The van der Waals surface area contributed by atoms with E-state index in [2.05, 4.69) is 17.2 Å². The zero-order chi connectivity index (χ0) is 14.5. The van der Waals surface area contributed by atoms with Gasteiger partial charge in [0.2, 0.25) is 0 Å². The second kappa shape index (κ2) is 6.52. The summed E-state index contributed by atoms with van der Waals surface area (Å²) in [5.74, 6) is -0.488. The third-order valence-corrected chi connectivity index (χ3v) is 3.21. The molecule has 0 saturated heterocycles. The Morgan fingerprint density at radius 2 is 2.05 bits per heavy atom. The van der Waals surface area contributed by atoms with E-state index < -0.39 is 5.97 Å².